The summed E-state index contributed by atoms with van der Waals surface area (Å²) in [5, 5.41) is 3.58. The average Bonchev–Trinajstić information content (AvgIpc) is 3.12. The van der Waals surface area contributed by atoms with E-state index in [9.17, 15) is 4.79 Å². The minimum Gasteiger partial charge on any atom is -0.313 e. The number of nitrogens with zero attached hydrogens (tertiary/aromatic N) is 4. The van der Waals surface area contributed by atoms with E-state index >= 15 is 0 Å². The topological polar surface area (TPSA) is 72.7 Å². The Hall–Kier alpha value is -2.80. The number of amides is 1. The van der Waals surface area contributed by atoms with E-state index in [1.807, 2.05) is 25.1 Å². The van der Waals surface area contributed by atoms with Crippen molar-refractivity contribution in [2.45, 2.75) is 46.1 Å². The normalized spacial score (nSPS) is 14.2. The summed E-state index contributed by atoms with van der Waals surface area (Å²) in [5.74, 6) is 0.856. The van der Waals surface area contributed by atoms with E-state index in [0.29, 0.717) is 16.2 Å². The van der Waals surface area contributed by atoms with Gasteiger partial charge >= 0.3 is 0 Å². The van der Waals surface area contributed by atoms with E-state index in [0.717, 1.165) is 53.2 Å². The SMILES string of the molecule is Cc1ccc2nc(NC(=O)c3cc(C)nc4c3nc3n4CCCCC3)sc2c1. The molecule has 0 unspecified atom stereocenters. The zero-order valence-electron chi connectivity index (χ0n) is 16.0. The molecule has 1 amide bonds. The van der Waals surface area contributed by atoms with Crippen molar-refractivity contribution < 1.29 is 4.79 Å². The lowest BCUT2D eigenvalue weighted by Crippen LogP contribution is -2.13. The molecule has 0 spiro atoms. The molecule has 142 valence electrons. The maximum Gasteiger partial charge on any atom is 0.259 e. The molecule has 0 saturated carbocycles. The standard InChI is InChI=1S/C21H21N5OS/c1-12-7-8-15-16(10-12)28-21(23-15)25-20(27)14-11-13(2)22-19-18(14)24-17-6-4-3-5-9-26(17)19/h7-8,10-11H,3-6,9H2,1-2H3,(H,23,25,27). The van der Waals surface area contributed by atoms with Crippen LogP contribution in [0.25, 0.3) is 21.4 Å². The largest absolute Gasteiger partial charge is 0.313 e. The fraction of sp³-hybridized carbons (Fsp3) is 0.333. The number of carbonyl (C=O) groups excluding carboxylic acids is 1. The van der Waals surface area contributed by atoms with Gasteiger partial charge in [0, 0.05) is 18.7 Å². The van der Waals surface area contributed by atoms with Crippen molar-refractivity contribution in [2.24, 2.45) is 0 Å². The Morgan fingerprint density at radius 3 is 2.89 bits per heavy atom. The van der Waals surface area contributed by atoms with Crippen LogP contribution in [0.15, 0.2) is 24.3 Å². The molecule has 28 heavy (non-hydrogen) atoms. The van der Waals surface area contributed by atoms with Crippen molar-refractivity contribution in [3.8, 4) is 0 Å². The molecule has 3 aromatic heterocycles. The molecule has 4 aromatic rings. The molecule has 5 rings (SSSR count). The highest BCUT2D eigenvalue weighted by Crippen LogP contribution is 2.28. The van der Waals surface area contributed by atoms with E-state index in [1.165, 1.54) is 23.3 Å². The van der Waals surface area contributed by atoms with Crippen LogP contribution in [0.3, 0.4) is 0 Å². The molecule has 1 N–H and O–H groups in total. The maximum atomic E-state index is 13.1. The Bertz CT molecular complexity index is 1220. The number of aryl methyl sites for hydroxylation is 4. The highest BCUT2D eigenvalue weighted by Gasteiger charge is 2.21. The second-order valence-electron chi connectivity index (χ2n) is 7.42. The average molecular weight is 392 g/mol. The van der Waals surface area contributed by atoms with Gasteiger partial charge in [0.15, 0.2) is 10.8 Å². The number of anilines is 1. The third-order valence-electron chi connectivity index (χ3n) is 5.20. The summed E-state index contributed by atoms with van der Waals surface area (Å²) in [6.45, 7) is 4.89. The van der Waals surface area contributed by atoms with Gasteiger partial charge in [-0.05, 0) is 50.5 Å². The van der Waals surface area contributed by atoms with Gasteiger partial charge in [0.1, 0.15) is 11.3 Å². The predicted octanol–water partition coefficient (Wildman–Crippen LogP) is 4.64. The van der Waals surface area contributed by atoms with Crippen LogP contribution < -0.4 is 5.32 Å². The smallest absolute Gasteiger partial charge is 0.259 e. The number of fused-ring (bicyclic) bond motifs is 4. The molecule has 0 radical (unpaired) electrons. The quantitative estimate of drug-likeness (QED) is 0.540. The number of pyridine rings is 1. The molecular formula is C21H21N5OS. The van der Waals surface area contributed by atoms with Crippen LogP contribution in [-0.2, 0) is 13.0 Å². The zero-order chi connectivity index (χ0) is 19.3. The number of benzene rings is 1. The molecule has 0 fully saturated rings. The lowest BCUT2D eigenvalue weighted by molar-refractivity contribution is 0.102. The highest BCUT2D eigenvalue weighted by molar-refractivity contribution is 7.22. The van der Waals surface area contributed by atoms with Crippen molar-refractivity contribution in [1.82, 2.24) is 19.5 Å². The fourth-order valence-electron chi connectivity index (χ4n) is 3.84. The van der Waals surface area contributed by atoms with Gasteiger partial charge in [0.25, 0.3) is 5.91 Å². The Morgan fingerprint density at radius 1 is 1.11 bits per heavy atom. The van der Waals surface area contributed by atoms with Crippen LogP contribution in [-0.4, -0.2) is 25.4 Å². The first-order chi connectivity index (χ1) is 13.6. The Morgan fingerprint density at radius 2 is 2.00 bits per heavy atom. The number of hydrogen-bond donors (Lipinski definition) is 1. The second-order valence-corrected chi connectivity index (χ2v) is 8.45. The maximum absolute atomic E-state index is 13.1. The second kappa shape index (κ2) is 6.67. The van der Waals surface area contributed by atoms with E-state index in [-0.39, 0.29) is 5.91 Å². The molecular weight excluding hydrogens is 370 g/mol. The molecule has 0 aliphatic carbocycles. The van der Waals surface area contributed by atoms with Crippen LogP contribution in [0.1, 0.15) is 46.7 Å². The first kappa shape index (κ1) is 17.3. The minimum absolute atomic E-state index is 0.181. The van der Waals surface area contributed by atoms with Crippen molar-refractivity contribution in [3.63, 3.8) is 0 Å². The fourth-order valence-corrected chi connectivity index (χ4v) is 4.80. The van der Waals surface area contributed by atoms with E-state index in [1.54, 1.807) is 0 Å². The molecule has 0 atom stereocenters. The Labute approximate surface area is 166 Å². The Balaban J connectivity index is 1.54. The van der Waals surface area contributed by atoms with Crippen LogP contribution in [0.4, 0.5) is 5.13 Å². The number of rotatable bonds is 2. The van der Waals surface area contributed by atoms with Gasteiger partial charge in [0.05, 0.1) is 15.8 Å². The van der Waals surface area contributed by atoms with Crippen molar-refractivity contribution in [3.05, 3.63) is 46.9 Å². The summed E-state index contributed by atoms with van der Waals surface area (Å²) in [6.07, 6.45) is 4.41. The monoisotopic (exact) mass is 391 g/mol. The lowest BCUT2D eigenvalue weighted by Gasteiger charge is -2.06. The van der Waals surface area contributed by atoms with Gasteiger partial charge in [-0.2, -0.15) is 0 Å². The molecule has 0 bridgehead atoms. The third-order valence-corrected chi connectivity index (χ3v) is 6.14. The van der Waals surface area contributed by atoms with Gasteiger partial charge in [0.2, 0.25) is 0 Å². The molecule has 1 aromatic carbocycles. The van der Waals surface area contributed by atoms with Crippen LogP contribution in [0, 0.1) is 13.8 Å². The highest BCUT2D eigenvalue weighted by atomic mass is 32.1. The van der Waals surface area contributed by atoms with Crippen molar-refractivity contribution in [2.75, 3.05) is 5.32 Å². The van der Waals surface area contributed by atoms with Gasteiger partial charge in [-0.15, -0.1) is 0 Å². The number of nitrogens with one attached hydrogen (secondary N) is 1. The van der Waals surface area contributed by atoms with Crippen molar-refractivity contribution in [1.29, 1.82) is 0 Å². The summed E-state index contributed by atoms with van der Waals surface area (Å²) in [5.41, 5.74) is 4.98. The van der Waals surface area contributed by atoms with E-state index in [4.69, 9.17) is 9.97 Å². The van der Waals surface area contributed by atoms with Crippen LogP contribution in [0.5, 0.6) is 0 Å². The minimum atomic E-state index is -0.181. The third kappa shape index (κ3) is 2.96. The van der Waals surface area contributed by atoms with Crippen LogP contribution >= 0.6 is 11.3 Å². The van der Waals surface area contributed by atoms with E-state index < -0.39 is 0 Å². The predicted molar refractivity (Wildman–Crippen MR) is 112 cm³/mol. The number of aromatic nitrogens is 4. The van der Waals surface area contributed by atoms with Gasteiger partial charge < -0.3 is 4.57 Å². The summed E-state index contributed by atoms with van der Waals surface area (Å²) in [4.78, 5) is 27.1. The molecule has 0 saturated heterocycles. The number of imidazole rings is 1. The summed E-state index contributed by atoms with van der Waals surface area (Å²) < 4.78 is 3.26. The van der Waals surface area contributed by atoms with Gasteiger partial charge in [-0.25, -0.2) is 15.0 Å². The molecule has 7 heteroatoms. The molecule has 4 heterocycles. The van der Waals surface area contributed by atoms with Gasteiger partial charge in [-0.1, -0.05) is 23.8 Å². The Kier molecular flexibility index (Phi) is 4.12. The van der Waals surface area contributed by atoms with Gasteiger partial charge in [-0.3, -0.25) is 10.1 Å². The zero-order valence-corrected chi connectivity index (χ0v) is 16.8. The van der Waals surface area contributed by atoms with Crippen molar-refractivity contribution >= 4 is 43.8 Å². The molecule has 6 nitrogen and oxygen atoms in total. The number of thiazole rings is 1. The first-order valence-corrected chi connectivity index (χ1v) is 10.5. The first-order valence-electron chi connectivity index (χ1n) is 9.64. The number of hydrogen-bond acceptors (Lipinski definition) is 5. The van der Waals surface area contributed by atoms with Crippen LogP contribution in [0.2, 0.25) is 0 Å². The molecule has 1 aliphatic heterocycles. The van der Waals surface area contributed by atoms with E-state index in [2.05, 4.69) is 27.9 Å². The lowest BCUT2D eigenvalue weighted by atomic mass is 10.2. The number of carbonyl (C=O) groups is 1. The summed E-state index contributed by atoms with van der Waals surface area (Å²) in [6, 6.07) is 7.92. The summed E-state index contributed by atoms with van der Waals surface area (Å²) >= 11 is 1.49. The summed E-state index contributed by atoms with van der Waals surface area (Å²) in [7, 11) is 0. The molecule has 1 aliphatic rings.